The van der Waals surface area contributed by atoms with Crippen molar-refractivity contribution < 1.29 is 4.42 Å². The summed E-state index contributed by atoms with van der Waals surface area (Å²) in [6.45, 7) is 0. The van der Waals surface area contributed by atoms with Gasteiger partial charge in [-0.3, -0.25) is 0 Å². The molecule has 2 aromatic carbocycles. The monoisotopic (exact) mass is 280 g/mol. The van der Waals surface area contributed by atoms with E-state index >= 15 is 0 Å². The number of nitrogens with one attached hydrogen (secondary N) is 1. The van der Waals surface area contributed by atoms with E-state index in [0.717, 1.165) is 27.6 Å². The molecule has 0 aliphatic carbocycles. The Morgan fingerprint density at radius 3 is 2.40 bits per heavy atom. The standard InChI is InChI=1S/C14H8N4OS/c20-14-18-17-13(19-14)8-4-3-7-11-12(8)16-10-6-2-1-5-9(10)15-11/h1-7H,(H,18,20). The van der Waals surface area contributed by atoms with Crippen molar-refractivity contribution in [1.29, 1.82) is 0 Å². The fourth-order valence-corrected chi connectivity index (χ4v) is 2.28. The van der Waals surface area contributed by atoms with Gasteiger partial charge in [0.05, 0.1) is 22.1 Å². The first kappa shape index (κ1) is 11.2. The normalized spacial score (nSPS) is 11.2. The average Bonchev–Trinajstić information content (AvgIpc) is 2.91. The minimum atomic E-state index is 0.241. The summed E-state index contributed by atoms with van der Waals surface area (Å²) in [7, 11) is 0. The van der Waals surface area contributed by atoms with Crippen molar-refractivity contribution in [3.63, 3.8) is 0 Å². The molecule has 0 spiro atoms. The van der Waals surface area contributed by atoms with Gasteiger partial charge in [0.1, 0.15) is 5.52 Å². The molecule has 20 heavy (non-hydrogen) atoms. The highest BCUT2D eigenvalue weighted by Crippen LogP contribution is 2.26. The van der Waals surface area contributed by atoms with Crippen LogP contribution in [-0.2, 0) is 0 Å². The Labute approximate surface area is 118 Å². The molecule has 0 fully saturated rings. The fraction of sp³-hybridized carbons (Fsp3) is 0. The largest absolute Gasteiger partial charge is 0.409 e. The summed E-state index contributed by atoms with van der Waals surface area (Å²) < 4.78 is 5.37. The molecule has 0 unspecified atom stereocenters. The molecule has 6 heteroatoms. The molecule has 2 heterocycles. The lowest BCUT2D eigenvalue weighted by atomic mass is 10.1. The van der Waals surface area contributed by atoms with Gasteiger partial charge < -0.3 is 4.42 Å². The number of H-pyrrole nitrogens is 1. The van der Waals surface area contributed by atoms with E-state index in [9.17, 15) is 0 Å². The van der Waals surface area contributed by atoms with Gasteiger partial charge in [-0.05, 0) is 36.5 Å². The Balaban J connectivity index is 2.11. The summed E-state index contributed by atoms with van der Waals surface area (Å²) in [5.74, 6) is 0.421. The summed E-state index contributed by atoms with van der Waals surface area (Å²) in [6.07, 6.45) is 0. The molecule has 1 N–H and O–H groups in total. The Hall–Kier alpha value is -2.60. The molecule has 2 aromatic heterocycles. The van der Waals surface area contributed by atoms with Crippen molar-refractivity contribution >= 4 is 34.3 Å². The minimum absolute atomic E-state index is 0.241. The summed E-state index contributed by atoms with van der Waals surface area (Å²) in [6, 6.07) is 13.5. The van der Waals surface area contributed by atoms with Gasteiger partial charge in [0, 0.05) is 0 Å². The van der Waals surface area contributed by atoms with Crippen LogP contribution in [0, 0.1) is 4.84 Å². The second-order valence-corrected chi connectivity index (χ2v) is 4.67. The van der Waals surface area contributed by atoms with Gasteiger partial charge >= 0.3 is 0 Å². The number of nitrogens with zero attached hydrogens (tertiary/aromatic N) is 3. The van der Waals surface area contributed by atoms with E-state index in [-0.39, 0.29) is 4.84 Å². The molecular formula is C14H8N4OS. The predicted molar refractivity (Wildman–Crippen MR) is 77.7 cm³/mol. The van der Waals surface area contributed by atoms with E-state index in [1.165, 1.54) is 0 Å². The molecule has 0 aliphatic rings. The second-order valence-electron chi connectivity index (χ2n) is 4.30. The Morgan fingerprint density at radius 2 is 1.65 bits per heavy atom. The minimum Gasteiger partial charge on any atom is -0.409 e. The summed E-state index contributed by atoms with van der Waals surface area (Å²) in [5.41, 5.74) is 4.01. The Bertz CT molecular complexity index is 989. The number of hydrogen-bond donors (Lipinski definition) is 1. The molecular weight excluding hydrogens is 272 g/mol. The number of rotatable bonds is 1. The third-order valence-electron chi connectivity index (χ3n) is 3.04. The van der Waals surface area contributed by atoms with Gasteiger partial charge in [-0.1, -0.05) is 18.2 Å². The van der Waals surface area contributed by atoms with Crippen LogP contribution in [0.4, 0.5) is 0 Å². The van der Waals surface area contributed by atoms with Gasteiger partial charge in [-0.25, -0.2) is 15.1 Å². The summed E-state index contributed by atoms with van der Waals surface area (Å²) >= 11 is 4.91. The van der Waals surface area contributed by atoms with Crippen molar-refractivity contribution in [3.05, 3.63) is 47.3 Å². The van der Waals surface area contributed by atoms with Crippen LogP contribution in [0.5, 0.6) is 0 Å². The number of benzene rings is 2. The molecule has 0 amide bonds. The van der Waals surface area contributed by atoms with E-state index in [1.807, 2.05) is 42.5 Å². The number of fused-ring (bicyclic) bond motifs is 2. The number of hydrogen-bond acceptors (Lipinski definition) is 5. The number of aromatic nitrogens is 4. The molecule has 0 aliphatic heterocycles. The molecule has 96 valence electrons. The van der Waals surface area contributed by atoms with Crippen molar-refractivity contribution in [2.24, 2.45) is 0 Å². The van der Waals surface area contributed by atoms with Crippen molar-refractivity contribution in [1.82, 2.24) is 20.2 Å². The summed E-state index contributed by atoms with van der Waals surface area (Å²) in [4.78, 5) is 9.50. The van der Waals surface area contributed by atoms with Gasteiger partial charge in [-0.2, -0.15) is 0 Å². The molecule has 0 bridgehead atoms. The van der Waals surface area contributed by atoms with Gasteiger partial charge in [0.2, 0.25) is 5.89 Å². The van der Waals surface area contributed by atoms with Gasteiger partial charge in [0.15, 0.2) is 0 Å². The first-order valence-electron chi connectivity index (χ1n) is 6.03. The maximum atomic E-state index is 5.37. The van der Waals surface area contributed by atoms with Crippen LogP contribution in [0.25, 0.3) is 33.5 Å². The highest BCUT2D eigenvalue weighted by molar-refractivity contribution is 7.71. The number of para-hydroxylation sites is 3. The molecule has 4 rings (SSSR count). The van der Waals surface area contributed by atoms with Crippen LogP contribution < -0.4 is 0 Å². The lowest BCUT2D eigenvalue weighted by Crippen LogP contribution is -1.90. The van der Waals surface area contributed by atoms with E-state index < -0.39 is 0 Å². The predicted octanol–water partition coefficient (Wildman–Crippen LogP) is 3.50. The first-order chi connectivity index (χ1) is 9.81. The lowest BCUT2D eigenvalue weighted by Gasteiger charge is -2.03. The molecule has 0 saturated heterocycles. The zero-order valence-electron chi connectivity index (χ0n) is 10.2. The Morgan fingerprint density at radius 1 is 0.900 bits per heavy atom. The highest BCUT2D eigenvalue weighted by atomic mass is 32.1. The molecule has 0 radical (unpaired) electrons. The summed E-state index contributed by atoms with van der Waals surface area (Å²) in [5, 5.41) is 6.67. The fourth-order valence-electron chi connectivity index (χ4n) is 2.16. The molecule has 0 saturated carbocycles. The third-order valence-corrected chi connectivity index (χ3v) is 3.21. The van der Waals surface area contributed by atoms with Gasteiger partial charge in [-0.15, -0.1) is 5.10 Å². The molecule has 5 nitrogen and oxygen atoms in total. The average molecular weight is 280 g/mol. The first-order valence-corrected chi connectivity index (χ1v) is 6.43. The van der Waals surface area contributed by atoms with E-state index in [0.29, 0.717) is 5.89 Å². The molecule has 4 aromatic rings. The smallest absolute Gasteiger partial charge is 0.284 e. The quantitative estimate of drug-likeness (QED) is 0.427. The van der Waals surface area contributed by atoms with Gasteiger partial charge in [0.25, 0.3) is 4.84 Å². The molecule has 0 atom stereocenters. The van der Waals surface area contributed by atoms with Crippen LogP contribution in [-0.4, -0.2) is 20.2 Å². The van der Waals surface area contributed by atoms with Crippen LogP contribution >= 0.6 is 12.2 Å². The number of aromatic amines is 1. The van der Waals surface area contributed by atoms with E-state index in [1.54, 1.807) is 0 Å². The third kappa shape index (κ3) is 1.70. The van der Waals surface area contributed by atoms with E-state index in [2.05, 4.69) is 20.2 Å². The zero-order valence-corrected chi connectivity index (χ0v) is 11.0. The lowest BCUT2D eigenvalue weighted by molar-refractivity contribution is 0.552. The maximum absolute atomic E-state index is 5.37. The van der Waals surface area contributed by atoms with Crippen molar-refractivity contribution in [2.75, 3.05) is 0 Å². The van der Waals surface area contributed by atoms with E-state index in [4.69, 9.17) is 16.6 Å². The van der Waals surface area contributed by atoms with Crippen LogP contribution in [0.1, 0.15) is 0 Å². The van der Waals surface area contributed by atoms with Crippen molar-refractivity contribution in [3.8, 4) is 11.5 Å². The Kier molecular flexibility index (Phi) is 2.37. The van der Waals surface area contributed by atoms with Crippen molar-refractivity contribution in [2.45, 2.75) is 0 Å². The van der Waals surface area contributed by atoms with Crippen LogP contribution in [0.3, 0.4) is 0 Å². The van der Waals surface area contributed by atoms with Crippen LogP contribution in [0.15, 0.2) is 46.9 Å². The zero-order chi connectivity index (χ0) is 13.5. The highest BCUT2D eigenvalue weighted by Gasteiger charge is 2.11. The SMILES string of the molecule is S=c1[nH]nc(-c2cccc3nc4ccccc4nc23)o1. The maximum Gasteiger partial charge on any atom is 0.284 e. The van der Waals surface area contributed by atoms with Crippen LogP contribution in [0.2, 0.25) is 0 Å². The topological polar surface area (TPSA) is 67.6 Å². The second kappa shape index (κ2) is 4.21.